The van der Waals surface area contributed by atoms with E-state index in [9.17, 15) is 9.59 Å². The molecule has 1 amide bonds. The number of carbonyl (C=O) groups excluding carboxylic acids is 1. The average molecular weight is 269 g/mol. The Morgan fingerprint density at radius 1 is 1.26 bits per heavy atom. The summed E-state index contributed by atoms with van der Waals surface area (Å²) in [5, 5.41) is 11.7. The normalized spacial score (nSPS) is 17.9. The highest BCUT2D eigenvalue weighted by Gasteiger charge is 2.20. The first-order chi connectivity index (χ1) is 9.13. The van der Waals surface area contributed by atoms with Crippen LogP contribution < -0.4 is 5.32 Å². The summed E-state index contributed by atoms with van der Waals surface area (Å²) in [4.78, 5) is 22.8. The van der Waals surface area contributed by atoms with E-state index in [-0.39, 0.29) is 5.91 Å². The summed E-state index contributed by atoms with van der Waals surface area (Å²) in [7, 11) is 0. The molecule has 19 heavy (non-hydrogen) atoms. The van der Waals surface area contributed by atoms with E-state index in [0.717, 1.165) is 19.3 Å². The molecule has 1 aliphatic carbocycles. The van der Waals surface area contributed by atoms with E-state index in [0.29, 0.717) is 18.8 Å². The molecule has 1 rings (SSSR count). The molecule has 2 N–H and O–H groups in total. The second-order valence-corrected chi connectivity index (χ2v) is 5.64. The van der Waals surface area contributed by atoms with Crippen molar-refractivity contribution in [3.63, 3.8) is 0 Å². The van der Waals surface area contributed by atoms with Crippen molar-refractivity contribution >= 4 is 11.9 Å². The van der Waals surface area contributed by atoms with Crippen molar-refractivity contribution < 1.29 is 14.7 Å². The molecular weight excluding hydrogens is 242 g/mol. The zero-order valence-electron chi connectivity index (χ0n) is 12.0. The van der Waals surface area contributed by atoms with E-state index >= 15 is 0 Å². The Kier molecular flexibility index (Phi) is 7.53. The van der Waals surface area contributed by atoms with Crippen LogP contribution in [0.3, 0.4) is 0 Å². The van der Waals surface area contributed by atoms with Gasteiger partial charge in [-0.2, -0.15) is 0 Å². The van der Waals surface area contributed by atoms with Crippen molar-refractivity contribution in [2.75, 3.05) is 0 Å². The van der Waals surface area contributed by atoms with Crippen molar-refractivity contribution in [1.82, 2.24) is 5.32 Å². The van der Waals surface area contributed by atoms with E-state index in [1.54, 1.807) is 0 Å². The zero-order chi connectivity index (χ0) is 14.1. The largest absolute Gasteiger partial charge is 0.480 e. The molecule has 110 valence electrons. The molecule has 1 aliphatic rings. The maximum absolute atomic E-state index is 11.8. The van der Waals surface area contributed by atoms with Crippen molar-refractivity contribution in [1.29, 1.82) is 0 Å². The van der Waals surface area contributed by atoms with Gasteiger partial charge in [-0.1, -0.05) is 51.9 Å². The minimum absolute atomic E-state index is 0.103. The predicted molar refractivity (Wildman–Crippen MR) is 74.9 cm³/mol. The van der Waals surface area contributed by atoms with Crippen molar-refractivity contribution in [2.45, 2.75) is 77.2 Å². The van der Waals surface area contributed by atoms with Crippen LogP contribution in [0.5, 0.6) is 0 Å². The fourth-order valence-corrected chi connectivity index (χ4v) is 2.74. The van der Waals surface area contributed by atoms with Gasteiger partial charge in [0.15, 0.2) is 0 Å². The van der Waals surface area contributed by atoms with Crippen LogP contribution in [0.25, 0.3) is 0 Å². The Balaban J connectivity index is 2.25. The maximum Gasteiger partial charge on any atom is 0.326 e. The molecule has 1 fully saturated rings. The zero-order valence-corrected chi connectivity index (χ0v) is 12.0. The lowest BCUT2D eigenvalue weighted by Crippen LogP contribution is -2.40. The molecule has 0 aromatic carbocycles. The summed E-state index contributed by atoms with van der Waals surface area (Å²) in [6, 6.07) is -0.709. The third kappa shape index (κ3) is 6.60. The Morgan fingerprint density at radius 3 is 2.53 bits per heavy atom. The molecular formula is C15H27NO3. The van der Waals surface area contributed by atoms with E-state index in [1.165, 1.54) is 32.1 Å². The average Bonchev–Trinajstić information content (AvgIpc) is 2.42. The summed E-state index contributed by atoms with van der Waals surface area (Å²) in [5.74, 6) is -0.355. The molecule has 0 aromatic heterocycles. The molecule has 4 heteroatoms. The Morgan fingerprint density at radius 2 is 1.95 bits per heavy atom. The fraction of sp³-hybridized carbons (Fsp3) is 0.867. The second-order valence-electron chi connectivity index (χ2n) is 5.64. The number of hydrogen-bond donors (Lipinski definition) is 2. The topological polar surface area (TPSA) is 66.4 Å². The lowest BCUT2D eigenvalue weighted by molar-refractivity contribution is -0.142. The first kappa shape index (κ1) is 16.0. The van der Waals surface area contributed by atoms with E-state index < -0.39 is 12.0 Å². The first-order valence-electron chi connectivity index (χ1n) is 7.65. The molecule has 0 aromatic rings. The minimum Gasteiger partial charge on any atom is -0.480 e. The monoisotopic (exact) mass is 269 g/mol. The number of rotatable bonds is 8. The van der Waals surface area contributed by atoms with Gasteiger partial charge >= 0.3 is 5.97 Å². The molecule has 0 bridgehead atoms. The highest BCUT2D eigenvalue weighted by atomic mass is 16.4. The van der Waals surface area contributed by atoms with E-state index in [4.69, 9.17) is 5.11 Å². The molecule has 1 atom stereocenters. The highest BCUT2D eigenvalue weighted by Crippen LogP contribution is 2.27. The third-order valence-electron chi connectivity index (χ3n) is 3.98. The van der Waals surface area contributed by atoms with Crippen molar-refractivity contribution in [2.24, 2.45) is 5.92 Å². The summed E-state index contributed by atoms with van der Waals surface area (Å²) in [6.07, 6.45) is 10.0. The van der Waals surface area contributed by atoms with Gasteiger partial charge < -0.3 is 10.4 Å². The van der Waals surface area contributed by atoms with Gasteiger partial charge in [0, 0.05) is 6.42 Å². The summed E-state index contributed by atoms with van der Waals surface area (Å²) in [6.45, 7) is 2.02. The van der Waals surface area contributed by atoms with Crippen LogP contribution in [0.2, 0.25) is 0 Å². The predicted octanol–water partition coefficient (Wildman–Crippen LogP) is 3.11. The van der Waals surface area contributed by atoms with Gasteiger partial charge in [0.25, 0.3) is 0 Å². The van der Waals surface area contributed by atoms with Gasteiger partial charge in [-0.3, -0.25) is 4.79 Å². The summed E-state index contributed by atoms with van der Waals surface area (Å²) in [5.41, 5.74) is 0. The van der Waals surface area contributed by atoms with Gasteiger partial charge in [0.05, 0.1) is 0 Å². The number of hydrogen-bond acceptors (Lipinski definition) is 2. The van der Waals surface area contributed by atoms with Gasteiger partial charge in [0.2, 0.25) is 5.91 Å². The number of carboxylic acid groups (broad SMARTS) is 1. The van der Waals surface area contributed by atoms with Gasteiger partial charge in [-0.05, 0) is 18.8 Å². The van der Waals surface area contributed by atoms with Crippen LogP contribution in [-0.2, 0) is 9.59 Å². The molecule has 0 radical (unpaired) electrons. The number of carboxylic acids is 1. The van der Waals surface area contributed by atoms with E-state index in [2.05, 4.69) is 5.32 Å². The standard InChI is InChI=1S/C15H27NO3/c1-2-3-9-13(15(18)19)16-14(17)11-10-12-7-5-4-6-8-12/h12-13H,2-11H2,1H3,(H,16,17)(H,18,19)/t13-/m0/s1. The third-order valence-corrected chi connectivity index (χ3v) is 3.98. The molecule has 1 saturated carbocycles. The highest BCUT2D eigenvalue weighted by molar-refractivity contribution is 5.83. The Bertz CT molecular complexity index is 285. The van der Waals surface area contributed by atoms with Crippen LogP contribution in [0, 0.1) is 5.92 Å². The smallest absolute Gasteiger partial charge is 0.326 e. The Labute approximate surface area is 116 Å². The number of aliphatic carboxylic acids is 1. The van der Waals surface area contributed by atoms with Crippen LogP contribution in [0.1, 0.15) is 71.1 Å². The summed E-state index contributed by atoms with van der Waals surface area (Å²) < 4.78 is 0. The fourth-order valence-electron chi connectivity index (χ4n) is 2.74. The van der Waals surface area contributed by atoms with Crippen molar-refractivity contribution in [3.8, 4) is 0 Å². The van der Waals surface area contributed by atoms with Crippen molar-refractivity contribution in [3.05, 3.63) is 0 Å². The lowest BCUT2D eigenvalue weighted by atomic mass is 9.86. The second kappa shape index (κ2) is 8.94. The lowest BCUT2D eigenvalue weighted by Gasteiger charge is -2.21. The number of unbranched alkanes of at least 4 members (excludes halogenated alkanes) is 1. The van der Waals surface area contributed by atoms with Crippen LogP contribution in [0.4, 0.5) is 0 Å². The summed E-state index contributed by atoms with van der Waals surface area (Å²) >= 11 is 0. The molecule has 0 saturated heterocycles. The molecule has 0 unspecified atom stereocenters. The van der Waals surface area contributed by atoms with E-state index in [1.807, 2.05) is 6.92 Å². The minimum atomic E-state index is -0.917. The molecule has 4 nitrogen and oxygen atoms in total. The SMILES string of the molecule is CCCC[C@H](NC(=O)CCC1CCCCC1)C(=O)O. The van der Waals surface area contributed by atoms with Gasteiger partial charge in [0.1, 0.15) is 6.04 Å². The maximum atomic E-state index is 11.8. The number of nitrogens with one attached hydrogen (secondary N) is 1. The van der Waals surface area contributed by atoms with Gasteiger partial charge in [-0.15, -0.1) is 0 Å². The van der Waals surface area contributed by atoms with Crippen LogP contribution >= 0.6 is 0 Å². The Hall–Kier alpha value is -1.06. The number of amides is 1. The van der Waals surface area contributed by atoms with Gasteiger partial charge in [-0.25, -0.2) is 4.79 Å². The van der Waals surface area contributed by atoms with Crippen LogP contribution in [0.15, 0.2) is 0 Å². The molecule has 0 heterocycles. The number of carbonyl (C=O) groups is 2. The van der Waals surface area contributed by atoms with Crippen LogP contribution in [-0.4, -0.2) is 23.0 Å². The molecule has 0 aliphatic heterocycles. The quantitative estimate of drug-likeness (QED) is 0.711. The molecule has 0 spiro atoms. The first-order valence-corrected chi connectivity index (χ1v) is 7.65.